The van der Waals surface area contributed by atoms with Crippen molar-refractivity contribution in [3.05, 3.63) is 89.5 Å². The molecule has 0 saturated carbocycles. The zero-order valence-electron chi connectivity index (χ0n) is 16.3. The van der Waals surface area contributed by atoms with Crippen LogP contribution in [0, 0.1) is 13.8 Å². The Morgan fingerprint density at radius 1 is 0.821 bits per heavy atom. The Kier molecular flexibility index (Phi) is 6.68. The van der Waals surface area contributed by atoms with Crippen molar-refractivity contribution in [1.29, 1.82) is 0 Å². The van der Waals surface area contributed by atoms with Gasteiger partial charge in [0, 0.05) is 18.2 Å². The van der Waals surface area contributed by atoms with Crippen LogP contribution in [0.25, 0.3) is 0 Å². The van der Waals surface area contributed by atoms with E-state index in [4.69, 9.17) is 9.47 Å². The van der Waals surface area contributed by atoms with Crippen LogP contribution < -0.4 is 14.8 Å². The molecule has 0 spiro atoms. The summed E-state index contributed by atoms with van der Waals surface area (Å²) in [7, 11) is 0. The highest BCUT2D eigenvalue weighted by molar-refractivity contribution is 5.92. The summed E-state index contributed by atoms with van der Waals surface area (Å²) in [4.78, 5) is 12.2. The molecule has 3 rings (SSSR count). The van der Waals surface area contributed by atoms with Gasteiger partial charge in [-0.1, -0.05) is 42.5 Å². The van der Waals surface area contributed by atoms with Gasteiger partial charge in [-0.3, -0.25) is 4.79 Å². The maximum Gasteiger partial charge on any atom is 0.262 e. The number of carbonyl (C=O) groups is 1. The molecule has 144 valence electrons. The Bertz CT molecular complexity index is 922. The normalized spacial score (nSPS) is 10.4. The summed E-state index contributed by atoms with van der Waals surface area (Å²) < 4.78 is 11.4. The summed E-state index contributed by atoms with van der Waals surface area (Å²) in [5, 5.41) is 2.84. The van der Waals surface area contributed by atoms with Gasteiger partial charge in [0.15, 0.2) is 6.61 Å². The smallest absolute Gasteiger partial charge is 0.262 e. The van der Waals surface area contributed by atoms with Gasteiger partial charge in [-0.15, -0.1) is 0 Å². The fourth-order valence-corrected chi connectivity index (χ4v) is 2.74. The minimum atomic E-state index is -0.209. The second kappa shape index (κ2) is 9.60. The molecule has 0 bridgehead atoms. The molecular weight excluding hydrogens is 350 g/mol. The van der Waals surface area contributed by atoms with Crippen LogP contribution in [-0.4, -0.2) is 19.1 Å². The Morgan fingerprint density at radius 3 is 2.39 bits per heavy atom. The monoisotopic (exact) mass is 375 g/mol. The quantitative estimate of drug-likeness (QED) is 0.606. The third-order valence-corrected chi connectivity index (χ3v) is 4.47. The van der Waals surface area contributed by atoms with Crippen molar-refractivity contribution in [3.63, 3.8) is 0 Å². The van der Waals surface area contributed by atoms with E-state index in [1.165, 1.54) is 11.1 Å². The maximum absolute atomic E-state index is 12.2. The van der Waals surface area contributed by atoms with Gasteiger partial charge in [0.05, 0.1) is 6.61 Å². The van der Waals surface area contributed by atoms with E-state index in [1.807, 2.05) is 74.5 Å². The summed E-state index contributed by atoms with van der Waals surface area (Å²) >= 11 is 0. The van der Waals surface area contributed by atoms with Gasteiger partial charge in [-0.2, -0.15) is 0 Å². The molecule has 0 aromatic heterocycles. The molecule has 1 amide bonds. The Hall–Kier alpha value is -3.27. The first-order valence-corrected chi connectivity index (χ1v) is 9.37. The van der Waals surface area contributed by atoms with E-state index < -0.39 is 0 Å². The van der Waals surface area contributed by atoms with Crippen LogP contribution in [0.2, 0.25) is 0 Å². The van der Waals surface area contributed by atoms with Crippen LogP contribution in [0.1, 0.15) is 16.7 Å². The fourth-order valence-electron chi connectivity index (χ4n) is 2.74. The lowest BCUT2D eigenvalue weighted by molar-refractivity contribution is -0.118. The number of carbonyl (C=O) groups excluding carboxylic acids is 1. The molecule has 0 radical (unpaired) electrons. The van der Waals surface area contributed by atoms with E-state index in [-0.39, 0.29) is 12.5 Å². The molecule has 4 nitrogen and oxygen atoms in total. The maximum atomic E-state index is 12.2. The lowest BCUT2D eigenvalue weighted by Gasteiger charge is -2.11. The van der Waals surface area contributed by atoms with E-state index in [0.29, 0.717) is 18.0 Å². The van der Waals surface area contributed by atoms with E-state index in [0.717, 1.165) is 17.7 Å². The fraction of sp³-hybridized carbons (Fsp3) is 0.208. The van der Waals surface area contributed by atoms with Gasteiger partial charge in [0.1, 0.15) is 11.5 Å². The molecular formula is C24H25NO3. The van der Waals surface area contributed by atoms with E-state index in [1.54, 1.807) is 0 Å². The van der Waals surface area contributed by atoms with Gasteiger partial charge in [-0.25, -0.2) is 0 Å². The molecule has 0 saturated heterocycles. The average Bonchev–Trinajstić information content (AvgIpc) is 2.70. The molecule has 0 fully saturated rings. The number of nitrogens with one attached hydrogen (secondary N) is 1. The average molecular weight is 375 g/mol. The van der Waals surface area contributed by atoms with Crippen LogP contribution in [0.5, 0.6) is 11.5 Å². The minimum absolute atomic E-state index is 0.0401. The van der Waals surface area contributed by atoms with Crippen molar-refractivity contribution in [1.82, 2.24) is 0 Å². The van der Waals surface area contributed by atoms with Gasteiger partial charge < -0.3 is 14.8 Å². The summed E-state index contributed by atoms with van der Waals surface area (Å²) in [5.41, 5.74) is 4.25. The third-order valence-electron chi connectivity index (χ3n) is 4.47. The topological polar surface area (TPSA) is 47.6 Å². The summed E-state index contributed by atoms with van der Waals surface area (Å²) in [6, 6.07) is 23.4. The number of hydrogen-bond acceptors (Lipinski definition) is 3. The number of aryl methyl sites for hydroxylation is 2. The zero-order valence-corrected chi connectivity index (χ0v) is 16.3. The van der Waals surface area contributed by atoms with E-state index in [9.17, 15) is 4.79 Å². The molecule has 0 unspecified atom stereocenters. The Morgan fingerprint density at radius 2 is 1.61 bits per heavy atom. The van der Waals surface area contributed by atoms with E-state index in [2.05, 4.69) is 17.4 Å². The number of hydrogen-bond donors (Lipinski definition) is 1. The van der Waals surface area contributed by atoms with Crippen molar-refractivity contribution in [2.45, 2.75) is 20.3 Å². The first-order chi connectivity index (χ1) is 13.6. The summed E-state index contributed by atoms with van der Waals surface area (Å²) in [6.45, 7) is 4.60. The van der Waals surface area contributed by atoms with Gasteiger partial charge in [0.25, 0.3) is 5.91 Å². The third kappa shape index (κ3) is 5.88. The van der Waals surface area contributed by atoms with Crippen LogP contribution in [0.3, 0.4) is 0 Å². The van der Waals surface area contributed by atoms with Crippen LogP contribution in [0.4, 0.5) is 5.69 Å². The molecule has 3 aromatic carbocycles. The number of rotatable bonds is 8. The van der Waals surface area contributed by atoms with Crippen molar-refractivity contribution in [3.8, 4) is 11.5 Å². The summed E-state index contributed by atoms with van der Waals surface area (Å²) in [6.07, 6.45) is 0.835. The SMILES string of the molecule is Cc1ccc(OCC(=O)Nc2cccc(OCCc3ccccc3)c2)cc1C. The molecule has 3 aromatic rings. The number of ether oxygens (including phenoxy) is 2. The largest absolute Gasteiger partial charge is 0.493 e. The predicted molar refractivity (Wildman–Crippen MR) is 112 cm³/mol. The number of benzene rings is 3. The van der Waals surface area contributed by atoms with Gasteiger partial charge in [0.2, 0.25) is 0 Å². The van der Waals surface area contributed by atoms with Crippen molar-refractivity contribution in [2.75, 3.05) is 18.5 Å². The zero-order chi connectivity index (χ0) is 19.8. The molecule has 0 aliphatic carbocycles. The highest BCUT2D eigenvalue weighted by Crippen LogP contribution is 2.19. The number of amides is 1. The summed E-state index contributed by atoms with van der Waals surface area (Å²) in [5.74, 6) is 1.21. The minimum Gasteiger partial charge on any atom is -0.493 e. The van der Waals surface area contributed by atoms with Gasteiger partial charge >= 0.3 is 0 Å². The molecule has 0 aliphatic heterocycles. The molecule has 1 N–H and O–H groups in total. The lowest BCUT2D eigenvalue weighted by Crippen LogP contribution is -2.20. The van der Waals surface area contributed by atoms with Crippen molar-refractivity contribution in [2.24, 2.45) is 0 Å². The highest BCUT2D eigenvalue weighted by atomic mass is 16.5. The first kappa shape index (κ1) is 19.5. The van der Waals surface area contributed by atoms with Crippen LogP contribution in [-0.2, 0) is 11.2 Å². The second-order valence-corrected chi connectivity index (χ2v) is 6.69. The first-order valence-electron chi connectivity index (χ1n) is 9.37. The molecule has 0 aliphatic rings. The molecule has 0 atom stereocenters. The van der Waals surface area contributed by atoms with E-state index >= 15 is 0 Å². The molecule has 4 heteroatoms. The number of anilines is 1. The Labute approximate surface area is 166 Å². The van der Waals surface area contributed by atoms with Gasteiger partial charge in [-0.05, 0) is 54.8 Å². The lowest BCUT2D eigenvalue weighted by atomic mass is 10.1. The van der Waals surface area contributed by atoms with Crippen molar-refractivity contribution >= 4 is 11.6 Å². The second-order valence-electron chi connectivity index (χ2n) is 6.69. The van der Waals surface area contributed by atoms with Crippen molar-refractivity contribution < 1.29 is 14.3 Å². The standard InChI is InChI=1S/C24H25NO3/c1-18-11-12-23(15-19(18)2)28-17-24(26)25-21-9-6-10-22(16-21)27-14-13-20-7-4-3-5-8-20/h3-12,15-16H,13-14,17H2,1-2H3,(H,25,26). The Balaban J connectivity index is 1.47. The van der Waals surface area contributed by atoms with Crippen LogP contribution >= 0.6 is 0 Å². The predicted octanol–water partition coefficient (Wildman–Crippen LogP) is 4.94. The highest BCUT2D eigenvalue weighted by Gasteiger charge is 2.06. The van der Waals surface area contributed by atoms with Crippen LogP contribution in [0.15, 0.2) is 72.8 Å². The molecule has 0 heterocycles. The molecule has 28 heavy (non-hydrogen) atoms.